The number of alkyl halides is 2. The number of rotatable bonds is 5. The van der Waals surface area contributed by atoms with Crippen LogP contribution in [0.15, 0.2) is 24.7 Å². The summed E-state index contributed by atoms with van der Waals surface area (Å²) in [5.41, 5.74) is 5.35. The van der Waals surface area contributed by atoms with Crippen LogP contribution in [0.1, 0.15) is 51.2 Å². The number of imidazole rings is 1. The van der Waals surface area contributed by atoms with Crippen LogP contribution in [0.2, 0.25) is 0 Å². The Morgan fingerprint density at radius 1 is 1.27 bits per heavy atom. The Balaban J connectivity index is 1.10. The fourth-order valence-electron chi connectivity index (χ4n) is 5.25. The third kappa shape index (κ3) is 3.30. The van der Waals surface area contributed by atoms with Gasteiger partial charge >= 0.3 is 0 Å². The fraction of sp³-hybridized carbons (Fsp3) is 0.478. The van der Waals surface area contributed by atoms with E-state index in [1.807, 2.05) is 35.4 Å². The molecule has 2 fully saturated rings. The number of pyridine rings is 1. The first kappa shape index (κ1) is 20.3. The van der Waals surface area contributed by atoms with E-state index in [2.05, 4.69) is 25.5 Å². The van der Waals surface area contributed by atoms with E-state index in [1.54, 1.807) is 12.5 Å². The largest absolute Gasteiger partial charge is 0.356 e. The maximum Gasteiger partial charge on any atom is 0.272 e. The van der Waals surface area contributed by atoms with Gasteiger partial charge in [-0.05, 0) is 43.9 Å². The second-order valence-electron chi connectivity index (χ2n) is 9.41. The van der Waals surface area contributed by atoms with Gasteiger partial charge < -0.3 is 14.8 Å². The summed E-state index contributed by atoms with van der Waals surface area (Å²) in [6.07, 6.45) is 5.11. The number of aromatic nitrogens is 5. The predicted molar refractivity (Wildman–Crippen MR) is 116 cm³/mol. The van der Waals surface area contributed by atoms with Gasteiger partial charge in [0.1, 0.15) is 11.5 Å². The highest BCUT2D eigenvalue weighted by molar-refractivity contribution is 5.92. The number of aryl methyl sites for hydroxylation is 2. The molecule has 0 bridgehead atoms. The number of amides is 1. The number of carbonyl (C=O) groups is 1. The summed E-state index contributed by atoms with van der Waals surface area (Å²) < 4.78 is 28.8. The molecular formula is C23H25F2N7O. The van der Waals surface area contributed by atoms with Crippen LogP contribution < -0.4 is 10.2 Å². The van der Waals surface area contributed by atoms with E-state index in [0.29, 0.717) is 25.3 Å². The van der Waals surface area contributed by atoms with Crippen molar-refractivity contribution in [1.29, 1.82) is 0 Å². The van der Waals surface area contributed by atoms with E-state index in [4.69, 9.17) is 0 Å². The van der Waals surface area contributed by atoms with Gasteiger partial charge in [-0.15, -0.1) is 0 Å². The number of hydrogen-bond acceptors (Lipinski definition) is 5. The first-order chi connectivity index (χ1) is 15.8. The first-order valence-corrected chi connectivity index (χ1v) is 11.3. The minimum absolute atomic E-state index is 0.0989. The van der Waals surface area contributed by atoms with Gasteiger partial charge in [-0.2, -0.15) is 5.10 Å². The number of H-pyrrole nitrogens is 1. The maximum absolute atomic E-state index is 13.5. The van der Waals surface area contributed by atoms with Gasteiger partial charge in [0, 0.05) is 30.7 Å². The van der Waals surface area contributed by atoms with Gasteiger partial charge in [0.25, 0.3) is 11.8 Å². The normalized spacial score (nSPS) is 24.6. The summed E-state index contributed by atoms with van der Waals surface area (Å²) >= 11 is 0. The molecule has 3 aromatic rings. The van der Waals surface area contributed by atoms with Gasteiger partial charge in [-0.3, -0.25) is 9.89 Å². The average Bonchev–Trinajstić information content (AvgIpc) is 3.41. The highest BCUT2D eigenvalue weighted by atomic mass is 19.3. The molecule has 8 nitrogen and oxygen atoms in total. The molecule has 3 aliphatic rings. The summed E-state index contributed by atoms with van der Waals surface area (Å²) in [5.74, 6) is -3.02. The number of hydrogen-bond donors (Lipinski definition) is 2. The van der Waals surface area contributed by atoms with Crippen molar-refractivity contribution >= 4 is 11.7 Å². The zero-order chi connectivity index (χ0) is 22.9. The van der Waals surface area contributed by atoms with Crippen LogP contribution in [0, 0.1) is 25.7 Å². The minimum atomic E-state index is -2.49. The SMILES string of the molecule is Cc1nc(N2CC3C(C2)C3(F)F)ccc1Cn1cnc(C(=O)NC2CCc3c2n[nH]c3C)c1. The number of anilines is 1. The lowest BCUT2D eigenvalue weighted by atomic mass is 10.2. The van der Waals surface area contributed by atoms with E-state index in [-0.39, 0.29) is 11.9 Å². The number of nitrogens with one attached hydrogen (secondary N) is 2. The number of fused-ring (bicyclic) bond motifs is 2. The molecule has 1 saturated carbocycles. The van der Waals surface area contributed by atoms with E-state index >= 15 is 0 Å². The van der Waals surface area contributed by atoms with Gasteiger partial charge in [0.15, 0.2) is 0 Å². The Bertz CT molecular complexity index is 1240. The summed E-state index contributed by atoms with van der Waals surface area (Å²) in [6, 6.07) is 3.76. The van der Waals surface area contributed by atoms with Crippen LogP contribution in [0.4, 0.5) is 14.6 Å². The molecule has 0 spiro atoms. The number of nitrogens with zero attached hydrogens (tertiary/aromatic N) is 5. The van der Waals surface area contributed by atoms with Crippen molar-refractivity contribution in [2.75, 3.05) is 18.0 Å². The molecule has 10 heteroatoms. The third-order valence-corrected chi connectivity index (χ3v) is 7.35. The second kappa shape index (κ2) is 7.10. The molecular weight excluding hydrogens is 428 g/mol. The molecule has 33 heavy (non-hydrogen) atoms. The molecule has 3 atom stereocenters. The molecule has 3 aromatic heterocycles. The molecule has 1 aliphatic heterocycles. The van der Waals surface area contributed by atoms with Crippen LogP contribution in [-0.4, -0.2) is 49.7 Å². The minimum Gasteiger partial charge on any atom is -0.356 e. The van der Waals surface area contributed by atoms with Gasteiger partial charge in [0.05, 0.1) is 36.4 Å². The van der Waals surface area contributed by atoms with Gasteiger partial charge in [-0.1, -0.05) is 6.07 Å². The van der Waals surface area contributed by atoms with Crippen molar-refractivity contribution in [1.82, 2.24) is 30.0 Å². The zero-order valence-corrected chi connectivity index (χ0v) is 18.5. The molecule has 172 valence electrons. The van der Waals surface area contributed by atoms with Crippen molar-refractivity contribution in [2.45, 2.75) is 45.2 Å². The van der Waals surface area contributed by atoms with Crippen molar-refractivity contribution < 1.29 is 13.6 Å². The molecule has 3 unspecified atom stereocenters. The summed E-state index contributed by atoms with van der Waals surface area (Å²) in [5, 5.41) is 10.4. The van der Waals surface area contributed by atoms with Crippen molar-refractivity contribution in [3.8, 4) is 0 Å². The number of aromatic amines is 1. The van der Waals surface area contributed by atoms with Crippen LogP contribution in [-0.2, 0) is 13.0 Å². The number of piperidine rings is 1. The van der Waals surface area contributed by atoms with Crippen molar-refractivity contribution in [2.24, 2.45) is 11.8 Å². The Morgan fingerprint density at radius 3 is 2.82 bits per heavy atom. The van der Waals surface area contributed by atoms with Gasteiger partial charge in [-0.25, -0.2) is 18.7 Å². The van der Waals surface area contributed by atoms with E-state index < -0.39 is 17.8 Å². The van der Waals surface area contributed by atoms with E-state index in [0.717, 1.165) is 41.3 Å². The van der Waals surface area contributed by atoms with Crippen LogP contribution in [0.25, 0.3) is 0 Å². The Hall–Kier alpha value is -3.30. The molecule has 6 rings (SSSR count). The quantitative estimate of drug-likeness (QED) is 0.620. The molecule has 1 amide bonds. The van der Waals surface area contributed by atoms with Crippen LogP contribution in [0.3, 0.4) is 0 Å². The lowest BCUT2D eigenvalue weighted by Crippen LogP contribution is -2.28. The number of carbonyl (C=O) groups excluding carboxylic acids is 1. The lowest BCUT2D eigenvalue weighted by Gasteiger charge is -2.21. The Labute approximate surface area is 189 Å². The highest BCUT2D eigenvalue weighted by Gasteiger charge is 2.71. The monoisotopic (exact) mass is 453 g/mol. The fourth-order valence-corrected chi connectivity index (χ4v) is 5.25. The predicted octanol–water partition coefficient (Wildman–Crippen LogP) is 2.78. The summed E-state index contributed by atoms with van der Waals surface area (Å²) in [7, 11) is 0. The average molecular weight is 453 g/mol. The smallest absolute Gasteiger partial charge is 0.272 e. The molecule has 0 aromatic carbocycles. The zero-order valence-electron chi connectivity index (χ0n) is 18.5. The van der Waals surface area contributed by atoms with Crippen LogP contribution >= 0.6 is 0 Å². The second-order valence-corrected chi connectivity index (χ2v) is 9.41. The first-order valence-electron chi connectivity index (χ1n) is 11.3. The summed E-state index contributed by atoms with van der Waals surface area (Å²) in [4.78, 5) is 23.6. The topological polar surface area (TPSA) is 91.7 Å². The Morgan fingerprint density at radius 2 is 2.06 bits per heavy atom. The molecule has 2 N–H and O–H groups in total. The summed E-state index contributed by atoms with van der Waals surface area (Å²) in [6.45, 7) is 5.16. The molecule has 2 aliphatic carbocycles. The number of halogens is 2. The van der Waals surface area contributed by atoms with E-state index in [1.165, 1.54) is 5.56 Å². The molecule has 4 heterocycles. The van der Waals surface area contributed by atoms with E-state index in [9.17, 15) is 13.6 Å². The highest BCUT2D eigenvalue weighted by Crippen LogP contribution is 2.59. The Kier molecular flexibility index (Phi) is 4.37. The molecule has 1 saturated heterocycles. The van der Waals surface area contributed by atoms with Gasteiger partial charge in [0.2, 0.25) is 0 Å². The standard InChI is InChI=1S/C23H25F2N7O/c1-12-14(3-6-20(27-12)32-8-16-17(9-32)23(16,24)25)7-31-10-19(26-11-31)22(33)28-18-5-4-15-13(2)29-30-21(15)18/h3,6,10-11,16-18H,4-5,7-9H2,1-2H3,(H,28,33)(H,29,30). The lowest BCUT2D eigenvalue weighted by molar-refractivity contribution is 0.0796. The maximum atomic E-state index is 13.5. The van der Waals surface area contributed by atoms with Crippen LogP contribution in [0.5, 0.6) is 0 Å². The van der Waals surface area contributed by atoms with Crippen molar-refractivity contribution in [3.63, 3.8) is 0 Å². The van der Waals surface area contributed by atoms with Crippen molar-refractivity contribution in [3.05, 3.63) is 58.6 Å². The third-order valence-electron chi connectivity index (χ3n) is 7.35. The molecule has 0 radical (unpaired) electrons.